The minimum Gasteiger partial charge on any atom is -0.420 e. The summed E-state index contributed by atoms with van der Waals surface area (Å²) in [6.45, 7) is 8.33. The first kappa shape index (κ1) is 15.6. The van der Waals surface area contributed by atoms with E-state index in [0.717, 1.165) is 18.9 Å². The van der Waals surface area contributed by atoms with Gasteiger partial charge in [0.15, 0.2) is 0 Å². The van der Waals surface area contributed by atoms with Crippen LogP contribution in [0.15, 0.2) is 0 Å². The molecule has 0 N–H and O–H groups in total. The zero-order valence-electron chi connectivity index (χ0n) is 14.2. The normalized spacial score (nSPS) is 68.5. The molecule has 5 heterocycles. The third kappa shape index (κ3) is 1.70. The zero-order chi connectivity index (χ0) is 16.6. The van der Waals surface area contributed by atoms with Crippen molar-refractivity contribution in [3.05, 3.63) is 0 Å². The molecule has 5 aliphatic heterocycles. The fourth-order valence-electron chi connectivity index (χ4n) is 4.87. The lowest BCUT2D eigenvalue weighted by molar-refractivity contribution is -0.214. The SMILES string of the molecule is C[SiH]1O[SiH](C)O[Si](C)(CCC2CC34OC3(O4)C34OC23O4)O[SiH](C)O1. The minimum atomic E-state index is -2.30. The first-order valence-electron chi connectivity index (χ1n) is 8.75. The molecule has 6 aliphatic rings. The van der Waals surface area contributed by atoms with Crippen LogP contribution >= 0.6 is 0 Å². The first-order valence-corrected chi connectivity index (χ1v) is 17.6. The summed E-state index contributed by atoms with van der Waals surface area (Å²) in [4.78, 5) is 0. The van der Waals surface area contributed by atoms with Gasteiger partial charge in [0.1, 0.15) is 0 Å². The Balaban J connectivity index is 1.15. The van der Waals surface area contributed by atoms with Crippen molar-refractivity contribution in [2.24, 2.45) is 5.92 Å². The van der Waals surface area contributed by atoms with Crippen molar-refractivity contribution in [3.63, 3.8) is 0 Å². The van der Waals surface area contributed by atoms with E-state index in [1.165, 1.54) is 0 Å². The van der Waals surface area contributed by atoms with Crippen LogP contribution in [0.25, 0.3) is 0 Å². The molecule has 0 amide bonds. The van der Waals surface area contributed by atoms with Crippen LogP contribution in [0.5, 0.6) is 0 Å². The highest BCUT2D eigenvalue weighted by atomic mass is 28.5. The maximum absolute atomic E-state index is 6.35. The molecule has 0 bridgehead atoms. The second-order valence-corrected chi connectivity index (χ2v) is 18.1. The van der Waals surface area contributed by atoms with Gasteiger partial charge in [-0.1, -0.05) is 0 Å². The van der Waals surface area contributed by atoms with Crippen LogP contribution in [-0.2, 0) is 35.4 Å². The lowest BCUT2D eigenvalue weighted by Gasteiger charge is -2.37. The van der Waals surface area contributed by atoms with Crippen LogP contribution in [-0.4, -0.2) is 59.6 Å². The Morgan fingerprint density at radius 1 is 0.917 bits per heavy atom. The molecular formula is C12H22O8Si4. The monoisotopic (exact) mass is 406 g/mol. The highest BCUT2D eigenvalue weighted by Gasteiger charge is 3.19. The summed E-state index contributed by atoms with van der Waals surface area (Å²) in [5.74, 6) is -1.70. The van der Waals surface area contributed by atoms with E-state index in [1.54, 1.807) is 0 Å². The third-order valence-electron chi connectivity index (χ3n) is 6.03. The maximum atomic E-state index is 6.35. The number of hydrogen-bond donors (Lipinski definition) is 0. The van der Waals surface area contributed by atoms with Gasteiger partial charge in [0.2, 0.25) is 11.6 Å². The lowest BCUT2D eigenvalue weighted by Crippen LogP contribution is -2.53. The van der Waals surface area contributed by atoms with Crippen molar-refractivity contribution in [2.45, 2.75) is 68.2 Å². The van der Waals surface area contributed by atoms with Crippen LogP contribution in [0.1, 0.15) is 12.8 Å². The number of epoxide rings is 4. The highest BCUT2D eigenvalue weighted by Crippen LogP contribution is 2.95. The van der Waals surface area contributed by atoms with E-state index < -0.39 is 59.6 Å². The fourth-order valence-corrected chi connectivity index (χ4v) is 19.6. The summed E-state index contributed by atoms with van der Waals surface area (Å²) in [5.41, 5.74) is 0. The first-order chi connectivity index (χ1) is 11.3. The van der Waals surface area contributed by atoms with Gasteiger partial charge < -0.3 is 35.4 Å². The van der Waals surface area contributed by atoms with Gasteiger partial charge >= 0.3 is 8.56 Å². The smallest absolute Gasteiger partial charge is 0.317 e. The number of ether oxygens (including phenoxy) is 4. The third-order valence-corrected chi connectivity index (χ3v) is 20.0. The van der Waals surface area contributed by atoms with Gasteiger partial charge in [0.05, 0.1) is 0 Å². The molecule has 0 radical (unpaired) electrons. The molecule has 6 rings (SSSR count). The van der Waals surface area contributed by atoms with Crippen molar-refractivity contribution in [1.29, 1.82) is 0 Å². The summed E-state index contributed by atoms with van der Waals surface area (Å²) in [5, 5.41) is 0. The van der Waals surface area contributed by atoms with Gasteiger partial charge in [-0.05, 0) is 38.7 Å². The predicted octanol–water partition coefficient (Wildman–Crippen LogP) is 0.00530. The Morgan fingerprint density at radius 3 is 2.17 bits per heavy atom. The average Bonchev–Trinajstić information content (AvgIpc) is 3.20. The Morgan fingerprint density at radius 2 is 1.54 bits per heavy atom. The summed E-state index contributed by atoms with van der Waals surface area (Å²) in [6, 6.07) is 0.892. The second-order valence-electron chi connectivity index (χ2n) is 7.85. The molecule has 134 valence electrons. The van der Waals surface area contributed by atoms with E-state index in [1.807, 2.05) is 0 Å². The van der Waals surface area contributed by atoms with Crippen LogP contribution in [0.4, 0.5) is 0 Å². The number of hydrogen-bond acceptors (Lipinski definition) is 8. The van der Waals surface area contributed by atoms with Gasteiger partial charge in [-0.2, -0.15) is 0 Å². The Kier molecular flexibility index (Phi) is 2.71. The van der Waals surface area contributed by atoms with Crippen molar-refractivity contribution in [3.8, 4) is 0 Å². The lowest BCUT2D eigenvalue weighted by atomic mass is 9.87. The van der Waals surface area contributed by atoms with Gasteiger partial charge in [-0.3, -0.25) is 0 Å². The van der Waals surface area contributed by atoms with E-state index in [2.05, 4.69) is 26.2 Å². The van der Waals surface area contributed by atoms with Crippen molar-refractivity contribution in [1.82, 2.24) is 0 Å². The van der Waals surface area contributed by atoms with Crippen LogP contribution in [0.2, 0.25) is 32.2 Å². The molecule has 1 saturated carbocycles. The van der Waals surface area contributed by atoms with Crippen molar-refractivity contribution in [2.75, 3.05) is 0 Å². The van der Waals surface area contributed by atoms with Crippen LogP contribution in [0, 0.1) is 5.92 Å². The summed E-state index contributed by atoms with van der Waals surface area (Å²) >= 11 is 0. The van der Waals surface area contributed by atoms with E-state index in [9.17, 15) is 0 Å². The summed E-state index contributed by atoms with van der Waals surface area (Å²) in [6.07, 6.45) is 1.78. The molecule has 0 aromatic heterocycles. The van der Waals surface area contributed by atoms with E-state index >= 15 is 0 Å². The second kappa shape index (κ2) is 4.18. The molecule has 1 aliphatic carbocycles. The summed E-state index contributed by atoms with van der Waals surface area (Å²) < 4.78 is 47.8. The summed E-state index contributed by atoms with van der Waals surface area (Å²) in [7, 11) is -7.27. The van der Waals surface area contributed by atoms with Gasteiger partial charge in [-0.25, -0.2) is 0 Å². The van der Waals surface area contributed by atoms with Crippen LogP contribution in [0.3, 0.4) is 0 Å². The quantitative estimate of drug-likeness (QED) is 0.478. The Labute approximate surface area is 146 Å². The van der Waals surface area contributed by atoms with Crippen molar-refractivity contribution >= 4 is 36.4 Å². The highest BCUT2D eigenvalue weighted by molar-refractivity contribution is 6.81. The molecule has 6 fully saturated rings. The Bertz CT molecular complexity index is 606. The maximum Gasteiger partial charge on any atom is 0.317 e. The molecule has 12 heteroatoms. The average molecular weight is 407 g/mol. The molecule has 0 aromatic carbocycles. The number of rotatable bonds is 3. The predicted molar refractivity (Wildman–Crippen MR) is 87.8 cm³/mol. The van der Waals surface area contributed by atoms with Crippen LogP contribution < -0.4 is 0 Å². The Hall–Kier alpha value is 0.548. The van der Waals surface area contributed by atoms with E-state index in [4.69, 9.17) is 35.4 Å². The molecule has 24 heavy (non-hydrogen) atoms. The van der Waals surface area contributed by atoms with Gasteiger partial charge in [0, 0.05) is 12.3 Å². The standard InChI is InChI=1S/C12H22O8Si4/c1-21-17-22(2)19-24(4,20-23(3)18-21)6-5-8-7-9-11(13-9,14-9)12-10(8,15-12)16-12/h8,21-23H,5-7H2,1-4H3. The van der Waals surface area contributed by atoms with Gasteiger partial charge in [-0.15, -0.1) is 0 Å². The molecule has 5 saturated heterocycles. The molecule has 0 aromatic rings. The molecule has 0 spiro atoms. The van der Waals surface area contributed by atoms with E-state index in [-0.39, 0.29) is 5.92 Å². The molecule has 3 unspecified atom stereocenters. The molecule has 3 atom stereocenters. The molecule has 8 nitrogen and oxygen atoms in total. The fraction of sp³-hybridized carbons (Fsp3) is 1.00. The largest absolute Gasteiger partial charge is 0.420 e. The van der Waals surface area contributed by atoms with E-state index in [0.29, 0.717) is 0 Å². The van der Waals surface area contributed by atoms with Crippen molar-refractivity contribution < 1.29 is 35.4 Å². The minimum absolute atomic E-state index is 0.279. The molecular weight excluding hydrogens is 384 g/mol. The van der Waals surface area contributed by atoms with Gasteiger partial charge in [0.25, 0.3) is 39.4 Å². The topological polar surface area (TPSA) is 87.0 Å². The zero-order valence-corrected chi connectivity index (χ0v) is 18.7.